The van der Waals surface area contributed by atoms with Crippen molar-refractivity contribution in [1.29, 1.82) is 5.26 Å². The number of methoxy groups -OCH3 is 1. The molecule has 10 nitrogen and oxygen atoms in total. The molecule has 2 aromatic heterocycles. The number of likely N-dealkylation sites (tertiary alicyclic amines) is 2. The van der Waals surface area contributed by atoms with Gasteiger partial charge in [-0.1, -0.05) is 12.7 Å². The summed E-state index contributed by atoms with van der Waals surface area (Å²) in [4.78, 5) is 16.8. The Morgan fingerprint density at radius 1 is 1.22 bits per heavy atom. The Kier molecular flexibility index (Phi) is 9.60. The van der Waals surface area contributed by atoms with Crippen molar-refractivity contribution in [3.05, 3.63) is 50.5 Å². The van der Waals surface area contributed by atoms with Gasteiger partial charge in [-0.3, -0.25) is 4.90 Å². The summed E-state index contributed by atoms with van der Waals surface area (Å²) in [5.41, 5.74) is 7.77. The molecule has 7 rings (SSSR count). The molecular weight excluding hydrogens is 649 g/mol. The summed E-state index contributed by atoms with van der Waals surface area (Å²) in [5.74, 6) is -0.0459. The molecule has 13 heteroatoms. The first kappa shape index (κ1) is 33.8. The number of thiophene rings is 1. The quantitative estimate of drug-likeness (QED) is 0.339. The molecule has 2 N–H and O–H groups in total. The molecule has 49 heavy (non-hydrogen) atoms. The number of halogens is 2. The molecule has 3 fully saturated rings. The van der Waals surface area contributed by atoms with E-state index in [4.69, 9.17) is 29.9 Å². The molecule has 0 aliphatic carbocycles. The summed E-state index contributed by atoms with van der Waals surface area (Å²) in [6.07, 6.45) is 7.36. The van der Waals surface area contributed by atoms with Gasteiger partial charge in [0.2, 0.25) is 0 Å². The number of nitriles is 1. The average Bonchev–Trinajstić information content (AvgIpc) is 3.87. The van der Waals surface area contributed by atoms with Crippen molar-refractivity contribution in [3.63, 3.8) is 0 Å². The van der Waals surface area contributed by atoms with Gasteiger partial charge in [0.05, 0.1) is 30.3 Å². The highest BCUT2D eigenvalue weighted by Gasteiger charge is 2.43. The van der Waals surface area contributed by atoms with Crippen LogP contribution in [0.5, 0.6) is 6.01 Å². The number of nitrogens with two attached hydrogens (primary N) is 1. The van der Waals surface area contributed by atoms with Crippen molar-refractivity contribution in [3.8, 4) is 12.1 Å². The minimum atomic E-state index is -1.03. The van der Waals surface area contributed by atoms with Gasteiger partial charge in [-0.15, -0.1) is 11.3 Å². The van der Waals surface area contributed by atoms with Crippen LogP contribution in [-0.2, 0) is 22.7 Å². The second kappa shape index (κ2) is 13.9. The van der Waals surface area contributed by atoms with Gasteiger partial charge in [0.25, 0.3) is 0 Å². The zero-order chi connectivity index (χ0) is 34.4. The maximum atomic E-state index is 17.4. The zero-order valence-electron chi connectivity index (χ0n) is 28.3. The molecule has 4 aliphatic heterocycles. The lowest BCUT2D eigenvalue weighted by Gasteiger charge is -2.43. The number of hydrogen-bond acceptors (Lipinski definition) is 11. The number of aromatic nitrogens is 2. The van der Waals surface area contributed by atoms with Gasteiger partial charge < -0.3 is 29.7 Å². The predicted molar refractivity (Wildman–Crippen MR) is 187 cm³/mol. The lowest BCUT2D eigenvalue weighted by molar-refractivity contribution is 0.0687. The van der Waals surface area contributed by atoms with Crippen LogP contribution in [0, 0.1) is 17.1 Å². The number of nitrogens with zero attached hydrogens (tertiary/aromatic N) is 6. The number of likely N-dealkylation sites (N-methyl/N-ethyl adjacent to an activating group) is 1. The van der Waals surface area contributed by atoms with Crippen LogP contribution in [0.4, 0.5) is 19.6 Å². The molecule has 4 atom stereocenters. The fourth-order valence-corrected chi connectivity index (χ4v) is 9.18. The molecule has 0 amide bonds. The van der Waals surface area contributed by atoms with Gasteiger partial charge >= 0.3 is 6.01 Å². The highest BCUT2D eigenvalue weighted by atomic mass is 32.1. The number of hydrogen-bond donors (Lipinski definition) is 1. The number of piperazine rings is 1. The summed E-state index contributed by atoms with van der Waals surface area (Å²) in [5, 5.41) is 11.1. The first-order valence-corrected chi connectivity index (χ1v) is 17.8. The number of nitrogen functional groups attached to an aromatic ring is 1. The number of benzene rings is 1. The number of rotatable bonds is 10. The van der Waals surface area contributed by atoms with Gasteiger partial charge in [0.15, 0.2) is 5.82 Å². The fourth-order valence-electron chi connectivity index (χ4n) is 8.20. The SMILES string of the molecule is C=C/C=c1/sc(N)c(C#N)/c1=C(/CF)c1c2c(c3c(N4C5CCC4CN(C[C@@H](C)OC)C5)nc(OC[C@@H]4CCCN4C)nc3c1F)COC2. The molecule has 6 heterocycles. The highest BCUT2D eigenvalue weighted by Crippen LogP contribution is 2.44. The van der Waals surface area contributed by atoms with Gasteiger partial charge in [-0.05, 0) is 63.4 Å². The van der Waals surface area contributed by atoms with E-state index in [-0.39, 0.29) is 75.9 Å². The van der Waals surface area contributed by atoms with E-state index >= 15 is 8.78 Å². The van der Waals surface area contributed by atoms with E-state index in [1.807, 2.05) is 0 Å². The third kappa shape index (κ3) is 5.97. The van der Waals surface area contributed by atoms with Crippen LogP contribution in [-0.4, -0.2) is 97.6 Å². The maximum absolute atomic E-state index is 17.4. The average molecular weight is 692 g/mol. The Morgan fingerprint density at radius 3 is 2.63 bits per heavy atom. The topological polar surface area (TPSA) is 113 Å². The molecule has 3 saturated heterocycles. The highest BCUT2D eigenvalue weighted by molar-refractivity contribution is 7.14. The Hall–Kier alpha value is -3.67. The zero-order valence-corrected chi connectivity index (χ0v) is 29.1. The maximum Gasteiger partial charge on any atom is 0.319 e. The second-order valence-corrected chi connectivity index (χ2v) is 14.6. The largest absolute Gasteiger partial charge is 0.462 e. The van der Waals surface area contributed by atoms with Crippen LogP contribution in [0.25, 0.3) is 22.6 Å². The molecular formula is C36H43F2N7O3S. The molecule has 0 radical (unpaired) electrons. The van der Waals surface area contributed by atoms with Crippen molar-refractivity contribution in [2.75, 3.05) is 64.3 Å². The van der Waals surface area contributed by atoms with E-state index in [0.29, 0.717) is 27.9 Å². The van der Waals surface area contributed by atoms with Crippen LogP contribution in [0.2, 0.25) is 0 Å². The van der Waals surface area contributed by atoms with E-state index in [0.717, 1.165) is 68.8 Å². The summed E-state index contributed by atoms with van der Waals surface area (Å²) in [7, 11) is 3.81. The lowest BCUT2D eigenvalue weighted by Crippen LogP contribution is -2.55. The van der Waals surface area contributed by atoms with E-state index in [1.54, 1.807) is 19.3 Å². The Labute approximate surface area is 289 Å². The van der Waals surface area contributed by atoms with Crippen LogP contribution in [0.1, 0.15) is 54.9 Å². The summed E-state index contributed by atoms with van der Waals surface area (Å²) >= 11 is 1.15. The predicted octanol–water partition coefficient (Wildman–Crippen LogP) is 3.61. The third-order valence-corrected chi connectivity index (χ3v) is 11.6. The van der Waals surface area contributed by atoms with Crippen molar-refractivity contribution >= 4 is 44.7 Å². The standard InChI is InChI=1S/C36H43F2N7O3S/c1-5-7-28-29(25(13-39)34(40)49-28)24(12-37)30-26-18-47-19-27(26)31-33(32(30)38)41-36(48-17-23-8-6-11-43(23)3)42-35(31)45-21-9-10-22(45)16-44(15-21)14-20(2)46-4/h5,7,20-23H,1,6,8-12,14-19,40H2,2-4H3/b28-7+,29-24+/t20-,21?,22?,23+/m1/s1. The van der Waals surface area contributed by atoms with Crippen molar-refractivity contribution in [2.24, 2.45) is 0 Å². The smallest absolute Gasteiger partial charge is 0.319 e. The van der Waals surface area contributed by atoms with E-state index in [9.17, 15) is 5.26 Å². The number of fused-ring (bicyclic) bond motifs is 5. The van der Waals surface area contributed by atoms with Crippen LogP contribution >= 0.6 is 11.3 Å². The first-order chi connectivity index (χ1) is 23.8. The molecule has 2 unspecified atom stereocenters. The van der Waals surface area contributed by atoms with Crippen molar-refractivity contribution < 1.29 is 23.0 Å². The fraction of sp³-hybridized carbons (Fsp3) is 0.528. The van der Waals surface area contributed by atoms with Crippen LogP contribution in [0.3, 0.4) is 0 Å². The monoisotopic (exact) mass is 691 g/mol. The van der Waals surface area contributed by atoms with Crippen LogP contribution in [0.15, 0.2) is 12.7 Å². The number of ether oxygens (including phenoxy) is 3. The molecule has 260 valence electrons. The Balaban J connectivity index is 1.45. The molecule has 3 aromatic rings. The van der Waals surface area contributed by atoms with Gasteiger partial charge in [0, 0.05) is 65.8 Å². The van der Waals surface area contributed by atoms with Crippen molar-refractivity contribution in [2.45, 2.75) is 70.1 Å². The molecule has 0 saturated carbocycles. The molecule has 2 bridgehead atoms. The van der Waals surface area contributed by atoms with Crippen molar-refractivity contribution in [1.82, 2.24) is 19.8 Å². The number of allylic oxidation sites excluding steroid dienone is 1. The third-order valence-electron chi connectivity index (χ3n) is 10.6. The lowest BCUT2D eigenvalue weighted by atomic mass is 9.91. The molecule has 0 spiro atoms. The van der Waals surface area contributed by atoms with Gasteiger partial charge in [-0.2, -0.15) is 15.2 Å². The van der Waals surface area contributed by atoms with Crippen LogP contribution < -0.4 is 25.1 Å². The molecule has 1 aromatic carbocycles. The normalized spacial score (nSPS) is 24.0. The Morgan fingerprint density at radius 2 is 1.98 bits per heavy atom. The number of alkyl halides is 1. The number of anilines is 2. The summed E-state index contributed by atoms with van der Waals surface area (Å²) in [6.45, 7) is 8.96. The summed E-state index contributed by atoms with van der Waals surface area (Å²) < 4.78 is 51.1. The van der Waals surface area contributed by atoms with E-state index < -0.39 is 12.5 Å². The Bertz CT molecular complexity index is 1930. The first-order valence-electron chi connectivity index (χ1n) is 17.0. The second-order valence-electron chi connectivity index (χ2n) is 13.5. The van der Waals surface area contributed by atoms with E-state index in [1.165, 1.54) is 0 Å². The van der Waals surface area contributed by atoms with Gasteiger partial charge in [0.1, 0.15) is 35.7 Å². The van der Waals surface area contributed by atoms with E-state index in [2.05, 4.69) is 41.3 Å². The minimum absolute atomic E-state index is 0.0370. The summed E-state index contributed by atoms with van der Waals surface area (Å²) in [6, 6.07) is 2.74. The van der Waals surface area contributed by atoms with Gasteiger partial charge in [-0.25, -0.2) is 8.78 Å². The minimum Gasteiger partial charge on any atom is -0.462 e. The molecule has 4 aliphatic rings.